The predicted octanol–water partition coefficient (Wildman–Crippen LogP) is 1.96. The zero-order valence-electron chi connectivity index (χ0n) is 10.7. The van der Waals surface area contributed by atoms with Gasteiger partial charge in [0.2, 0.25) is 0 Å². The van der Waals surface area contributed by atoms with Crippen molar-refractivity contribution in [1.82, 2.24) is 9.97 Å². The van der Waals surface area contributed by atoms with Gasteiger partial charge in [0.05, 0.1) is 31.2 Å². The minimum Gasteiger partial charge on any atom is -0.504 e. The number of hydrogen-bond donors (Lipinski definition) is 3. The molecule has 0 amide bonds. The lowest BCUT2D eigenvalue weighted by Crippen LogP contribution is -1.96. The first kappa shape index (κ1) is 11.9. The number of aromatic nitrogens is 2. The Bertz CT molecular complexity index is 636. The molecule has 4 N–H and O–H groups in total. The van der Waals surface area contributed by atoms with E-state index < -0.39 is 0 Å². The molecule has 1 aliphatic heterocycles. The highest BCUT2D eigenvalue weighted by molar-refractivity contribution is 5.76. The van der Waals surface area contributed by atoms with E-state index in [2.05, 4.69) is 9.97 Å². The Morgan fingerprint density at radius 1 is 1.53 bits per heavy atom. The van der Waals surface area contributed by atoms with Crippen LogP contribution in [0.2, 0.25) is 0 Å². The zero-order chi connectivity index (χ0) is 13.6. The maximum atomic E-state index is 9.67. The van der Waals surface area contributed by atoms with Crippen LogP contribution in [-0.2, 0) is 11.3 Å². The lowest BCUT2D eigenvalue weighted by atomic mass is 10.1. The van der Waals surface area contributed by atoms with Crippen LogP contribution in [0.25, 0.3) is 11.4 Å². The van der Waals surface area contributed by atoms with Crippen molar-refractivity contribution < 1.29 is 14.6 Å². The first-order valence-corrected chi connectivity index (χ1v) is 5.97. The summed E-state index contributed by atoms with van der Waals surface area (Å²) in [5, 5.41) is 9.67. The van der Waals surface area contributed by atoms with Gasteiger partial charge in [-0.15, -0.1) is 0 Å². The van der Waals surface area contributed by atoms with Gasteiger partial charge in [0.25, 0.3) is 0 Å². The standard InChI is InChI=1S/C13H15N3O3/c1-6-12-9(5-19-6)15-13(16-12)7-3-11(18-2)10(17)4-8(7)14/h3-4,6,17H,5,14H2,1-2H3,(H,15,16). The molecule has 0 saturated carbocycles. The van der Waals surface area contributed by atoms with Crippen LogP contribution in [0.1, 0.15) is 24.4 Å². The first-order chi connectivity index (χ1) is 9.10. The van der Waals surface area contributed by atoms with Gasteiger partial charge in [-0.3, -0.25) is 0 Å². The second-order valence-corrected chi connectivity index (χ2v) is 4.51. The van der Waals surface area contributed by atoms with E-state index in [1.165, 1.54) is 13.2 Å². The Kier molecular flexibility index (Phi) is 2.60. The normalized spacial score (nSPS) is 17.5. The van der Waals surface area contributed by atoms with Crippen LogP contribution < -0.4 is 10.5 Å². The number of ether oxygens (including phenoxy) is 2. The number of H-pyrrole nitrogens is 1. The van der Waals surface area contributed by atoms with Crippen molar-refractivity contribution in [2.75, 3.05) is 12.8 Å². The number of fused-ring (bicyclic) bond motifs is 1. The Morgan fingerprint density at radius 3 is 3.00 bits per heavy atom. The SMILES string of the molecule is COc1cc(-c2nc3c([nH]2)COC3C)c(N)cc1O. The summed E-state index contributed by atoms with van der Waals surface area (Å²) in [4.78, 5) is 7.71. The summed E-state index contributed by atoms with van der Waals surface area (Å²) in [6.45, 7) is 2.48. The van der Waals surface area contributed by atoms with Crippen molar-refractivity contribution in [2.24, 2.45) is 0 Å². The van der Waals surface area contributed by atoms with Crippen molar-refractivity contribution in [1.29, 1.82) is 0 Å². The van der Waals surface area contributed by atoms with E-state index in [1.54, 1.807) is 6.07 Å². The number of nitrogens with zero attached hydrogens (tertiary/aromatic N) is 1. The lowest BCUT2D eigenvalue weighted by Gasteiger charge is -2.08. The molecule has 6 heteroatoms. The van der Waals surface area contributed by atoms with Crippen LogP contribution in [0.3, 0.4) is 0 Å². The number of imidazole rings is 1. The number of nitrogens with one attached hydrogen (secondary N) is 1. The molecule has 2 heterocycles. The van der Waals surface area contributed by atoms with E-state index >= 15 is 0 Å². The summed E-state index contributed by atoms with van der Waals surface area (Å²) in [5.41, 5.74) is 8.94. The fraction of sp³-hybridized carbons (Fsp3) is 0.308. The molecule has 1 atom stereocenters. The fourth-order valence-electron chi connectivity index (χ4n) is 2.24. The van der Waals surface area contributed by atoms with E-state index in [0.717, 1.165) is 11.4 Å². The van der Waals surface area contributed by atoms with Gasteiger partial charge in [-0.05, 0) is 13.0 Å². The molecule has 0 radical (unpaired) electrons. The quantitative estimate of drug-likeness (QED) is 0.718. The van der Waals surface area contributed by atoms with E-state index in [4.69, 9.17) is 15.2 Å². The Hall–Kier alpha value is -2.21. The van der Waals surface area contributed by atoms with Crippen LogP contribution in [0, 0.1) is 0 Å². The Labute approximate surface area is 110 Å². The van der Waals surface area contributed by atoms with E-state index in [-0.39, 0.29) is 11.9 Å². The zero-order valence-corrected chi connectivity index (χ0v) is 10.7. The minimum atomic E-state index is -0.0137. The highest BCUT2D eigenvalue weighted by atomic mass is 16.5. The Morgan fingerprint density at radius 2 is 2.32 bits per heavy atom. The minimum absolute atomic E-state index is 0.0135. The van der Waals surface area contributed by atoms with Gasteiger partial charge in [0.15, 0.2) is 11.5 Å². The molecular weight excluding hydrogens is 246 g/mol. The molecule has 0 bridgehead atoms. The molecule has 19 heavy (non-hydrogen) atoms. The molecule has 100 valence electrons. The lowest BCUT2D eigenvalue weighted by molar-refractivity contribution is 0.0762. The number of methoxy groups -OCH3 is 1. The van der Waals surface area contributed by atoms with Crippen LogP contribution >= 0.6 is 0 Å². The molecule has 1 aliphatic rings. The van der Waals surface area contributed by atoms with Crippen molar-refractivity contribution in [3.8, 4) is 22.9 Å². The molecule has 0 aliphatic carbocycles. The van der Waals surface area contributed by atoms with E-state index in [1.807, 2.05) is 6.92 Å². The van der Waals surface area contributed by atoms with Crippen molar-refractivity contribution >= 4 is 5.69 Å². The average Bonchev–Trinajstić information content (AvgIpc) is 2.92. The molecule has 3 rings (SSSR count). The second-order valence-electron chi connectivity index (χ2n) is 4.51. The number of benzene rings is 1. The third-order valence-corrected chi connectivity index (χ3v) is 3.28. The number of nitrogen functional groups attached to an aromatic ring is 1. The summed E-state index contributed by atoms with van der Waals surface area (Å²) in [6, 6.07) is 3.13. The number of phenolic OH excluding ortho intramolecular Hbond substituents is 1. The number of phenols is 1. The largest absolute Gasteiger partial charge is 0.504 e. The van der Waals surface area contributed by atoms with Gasteiger partial charge in [0, 0.05) is 17.3 Å². The van der Waals surface area contributed by atoms with Crippen LogP contribution in [0.15, 0.2) is 12.1 Å². The number of rotatable bonds is 2. The van der Waals surface area contributed by atoms with Gasteiger partial charge in [-0.2, -0.15) is 0 Å². The average molecular weight is 261 g/mol. The summed E-state index contributed by atoms with van der Waals surface area (Å²) in [7, 11) is 1.49. The van der Waals surface area contributed by atoms with Crippen molar-refractivity contribution in [3.63, 3.8) is 0 Å². The summed E-state index contributed by atoms with van der Waals surface area (Å²) in [6.07, 6.45) is -0.0137. The number of aromatic hydroxyl groups is 1. The molecule has 0 fully saturated rings. The van der Waals surface area contributed by atoms with Gasteiger partial charge in [0.1, 0.15) is 5.82 Å². The summed E-state index contributed by atoms with van der Waals surface area (Å²) < 4.78 is 10.5. The Balaban J connectivity index is 2.09. The monoisotopic (exact) mass is 261 g/mol. The number of aromatic amines is 1. The predicted molar refractivity (Wildman–Crippen MR) is 69.9 cm³/mol. The van der Waals surface area contributed by atoms with Crippen molar-refractivity contribution in [3.05, 3.63) is 23.5 Å². The third-order valence-electron chi connectivity index (χ3n) is 3.28. The van der Waals surface area contributed by atoms with Crippen molar-refractivity contribution in [2.45, 2.75) is 19.6 Å². The maximum absolute atomic E-state index is 9.67. The molecular formula is C13H15N3O3. The van der Waals surface area contributed by atoms with Crippen LogP contribution in [-0.4, -0.2) is 22.2 Å². The second kappa shape index (κ2) is 4.17. The van der Waals surface area contributed by atoms with Crippen LogP contribution in [0.4, 0.5) is 5.69 Å². The molecule has 0 saturated heterocycles. The molecule has 2 aromatic rings. The molecule has 0 spiro atoms. The maximum Gasteiger partial charge on any atom is 0.161 e. The summed E-state index contributed by atoms with van der Waals surface area (Å²) >= 11 is 0. The number of hydrogen-bond acceptors (Lipinski definition) is 5. The summed E-state index contributed by atoms with van der Waals surface area (Å²) in [5.74, 6) is 1.04. The highest BCUT2D eigenvalue weighted by Gasteiger charge is 2.25. The van der Waals surface area contributed by atoms with Crippen LogP contribution in [0.5, 0.6) is 11.5 Å². The first-order valence-electron chi connectivity index (χ1n) is 5.97. The van der Waals surface area contributed by atoms with E-state index in [0.29, 0.717) is 29.4 Å². The fourth-order valence-corrected chi connectivity index (χ4v) is 2.24. The van der Waals surface area contributed by atoms with Gasteiger partial charge >= 0.3 is 0 Å². The van der Waals surface area contributed by atoms with Gasteiger partial charge in [-0.25, -0.2) is 4.98 Å². The number of anilines is 1. The third kappa shape index (κ3) is 1.80. The smallest absolute Gasteiger partial charge is 0.161 e. The highest BCUT2D eigenvalue weighted by Crippen LogP contribution is 2.37. The topological polar surface area (TPSA) is 93.4 Å². The molecule has 1 unspecified atom stereocenters. The van der Waals surface area contributed by atoms with Gasteiger partial charge in [-0.1, -0.05) is 0 Å². The molecule has 1 aromatic carbocycles. The molecule has 6 nitrogen and oxygen atoms in total. The van der Waals surface area contributed by atoms with E-state index in [9.17, 15) is 5.11 Å². The van der Waals surface area contributed by atoms with Gasteiger partial charge < -0.3 is 25.3 Å². The molecule has 1 aromatic heterocycles. The number of nitrogens with two attached hydrogens (primary N) is 1.